The van der Waals surface area contributed by atoms with Gasteiger partial charge in [-0.05, 0) is 30.9 Å². The van der Waals surface area contributed by atoms with Crippen molar-refractivity contribution in [2.45, 2.75) is 52.4 Å². The third-order valence-electron chi connectivity index (χ3n) is 3.96. The minimum atomic E-state index is -0.106. The summed E-state index contributed by atoms with van der Waals surface area (Å²) in [5.41, 5.74) is 0.316. The van der Waals surface area contributed by atoms with Crippen molar-refractivity contribution in [1.29, 1.82) is 0 Å². The molecule has 0 spiro atoms. The van der Waals surface area contributed by atoms with Gasteiger partial charge < -0.3 is 5.32 Å². The molecule has 7 heteroatoms. The standard InChI is InChI=1S/C18H26N4O2S/c1-11(2)9-22-17(24)14-7-6-8-19-16(14)21-18(22)25-10-15(23)20-13(5)12(3)4/h6-8,11-13H,9-10H2,1-5H3,(H,20,23)/t13-/m0/s1. The highest BCUT2D eigenvalue weighted by atomic mass is 32.2. The highest BCUT2D eigenvalue weighted by molar-refractivity contribution is 7.99. The largest absolute Gasteiger partial charge is 0.353 e. The molecule has 0 saturated heterocycles. The Labute approximate surface area is 152 Å². The quantitative estimate of drug-likeness (QED) is 0.605. The Morgan fingerprint density at radius 2 is 2.00 bits per heavy atom. The molecule has 0 saturated carbocycles. The maximum absolute atomic E-state index is 12.8. The molecule has 2 rings (SSSR count). The lowest BCUT2D eigenvalue weighted by molar-refractivity contribution is -0.119. The van der Waals surface area contributed by atoms with Crippen LogP contribution in [0.4, 0.5) is 0 Å². The Morgan fingerprint density at radius 1 is 1.28 bits per heavy atom. The van der Waals surface area contributed by atoms with Gasteiger partial charge in [-0.25, -0.2) is 9.97 Å². The first-order valence-electron chi connectivity index (χ1n) is 8.57. The van der Waals surface area contributed by atoms with Crippen molar-refractivity contribution in [1.82, 2.24) is 19.9 Å². The number of hydrogen-bond donors (Lipinski definition) is 1. The molecule has 0 radical (unpaired) electrons. The van der Waals surface area contributed by atoms with Gasteiger partial charge in [0.25, 0.3) is 5.56 Å². The van der Waals surface area contributed by atoms with Crippen LogP contribution in [0.2, 0.25) is 0 Å². The molecule has 136 valence electrons. The summed E-state index contributed by atoms with van der Waals surface area (Å²) in [5.74, 6) is 0.830. The predicted molar refractivity (Wildman–Crippen MR) is 102 cm³/mol. The molecule has 1 atom stereocenters. The molecule has 0 bridgehead atoms. The smallest absolute Gasteiger partial charge is 0.263 e. The number of rotatable bonds is 7. The number of carbonyl (C=O) groups excluding carboxylic acids is 1. The molecule has 0 aliphatic rings. The molecule has 0 aliphatic carbocycles. The van der Waals surface area contributed by atoms with E-state index < -0.39 is 0 Å². The van der Waals surface area contributed by atoms with E-state index in [4.69, 9.17) is 0 Å². The zero-order valence-corrected chi connectivity index (χ0v) is 16.3. The second-order valence-electron chi connectivity index (χ2n) is 6.97. The van der Waals surface area contributed by atoms with E-state index in [1.807, 2.05) is 20.8 Å². The summed E-state index contributed by atoms with van der Waals surface area (Å²) in [4.78, 5) is 33.6. The van der Waals surface area contributed by atoms with E-state index in [9.17, 15) is 9.59 Å². The number of hydrogen-bond acceptors (Lipinski definition) is 5. The number of nitrogens with zero attached hydrogens (tertiary/aromatic N) is 3. The first-order valence-corrected chi connectivity index (χ1v) is 9.56. The number of aromatic nitrogens is 3. The molecule has 25 heavy (non-hydrogen) atoms. The van der Waals surface area contributed by atoms with Gasteiger partial charge in [0.15, 0.2) is 10.8 Å². The Balaban J connectivity index is 2.26. The molecule has 6 nitrogen and oxygen atoms in total. The lowest BCUT2D eigenvalue weighted by Crippen LogP contribution is -2.37. The number of fused-ring (bicyclic) bond motifs is 1. The van der Waals surface area contributed by atoms with Crippen LogP contribution >= 0.6 is 11.8 Å². The van der Waals surface area contributed by atoms with Gasteiger partial charge >= 0.3 is 0 Å². The predicted octanol–water partition coefficient (Wildman–Crippen LogP) is 2.70. The van der Waals surface area contributed by atoms with E-state index in [1.165, 1.54) is 11.8 Å². The van der Waals surface area contributed by atoms with Crippen LogP contribution in [0, 0.1) is 11.8 Å². The van der Waals surface area contributed by atoms with E-state index >= 15 is 0 Å². The molecule has 2 aromatic heterocycles. The fraction of sp³-hybridized carbons (Fsp3) is 0.556. The van der Waals surface area contributed by atoms with Crippen LogP contribution in [0.1, 0.15) is 34.6 Å². The molecule has 1 amide bonds. The number of pyridine rings is 1. The highest BCUT2D eigenvalue weighted by Crippen LogP contribution is 2.18. The van der Waals surface area contributed by atoms with E-state index in [0.29, 0.717) is 34.6 Å². The van der Waals surface area contributed by atoms with Crippen molar-refractivity contribution in [2.75, 3.05) is 5.75 Å². The second kappa shape index (κ2) is 8.47. The molecular weight excluding hydrogens is 336 g/mol. The van der Waals surface area contributed by atoms with Crippen molar-refractivity contribution in [3.63, 3.8) is 0 Å². The Kier molecular flexibility index (Phi) is 6.58. The van der Waals surface area contributed by atoms with Gasteiger partial charge in [0.2, 0.25) is 5.91 Å². The van der Waals surface area contributed by atoms with Crippen LogP contribution in [-0.4, -0.2) is 32.2 Å². The van der Waals surface area contributed by atoms with Gasteiger partial charge in [-0.1, -0.05) is 39.5 Å². The topological polar surface area (TPSA) is 76.9 Å². The van der Waals surface area contributed by atoms with Crippen LogP contribution in [0.3, 0.4) is 0 Å². The van der Waals surface area contributed by atoms with E-state index in [0.717, 1.165) is 0 Å². The van der Waals surface area contributed by atoms with Crippen LogP contribution < -0.4 is 10.9 Å². The number of nitrogens with one attached hydrogen (secondary N) is 1. The monoisotopic (exact) mass is 362 g/mol. The van der Waals surface area contributed by atoms with Crippen molar-refractivity contribution < 1.29 is 4.79 Å². The summed E-state index contributed by atoms with van der Waals surface area (Å²) in [5, 5.41) is 4.02. The molecule has 0 aromatic carbocycles. The van der Waals surface area contributed by atoms with Crippen LogP contribution in [0.15, 0.2) is 28.3 Å². The first kappa shape index (κ1) is 19.4. The number of amides is 1. The molecule has 2 heterocycles. The summed E-state index contributed by atoms with van der Waals surface area (Å²) in [6.45, 7) is 10.8. The third kappa shape index (κ3) is 5.04. The summed E-state index contributed by atoms with van der Waals surface area (Å²) in [6.07, 6.45) is 1.62. The number of thioether (sulfide) groups is 1. The number of carbonyl (C=O) groups is 1. The van der Waals surface area contributed by atoms with Gasteiger partial charge in [-0.3, -0.25) is 14.2 Å². The minimum Gasteiger partial charge on any atom is -0.353 e. The van der Waals surface area contributed by atoms with Gasteiger partial charge in [0.05, 0.1) is 11.1 Å². The fourth-order valence-corrected chi connectivity index (χ4v) is 3.07. The summed E-state index contributed by atoms with van der Waals surface area (Å²) < 4.78 is 1.65. The zero-order chi connectivity index (χ0) is 18.6. The van der Waals surface area contributed by atoms with Crippen LogP contribution in [0.5, 0.6) is 0 Å². The molecule has 0 unspecified atom stereocenters. The minimum absolute atomic E-state index is 0.0577. The van der Waals surface area contributed by atoms with E-state index in [2.05, 4.69) is 29.1 Å². The van der Waals surface area contributed by atoms with Crippen molar-refractivity contribution >= 4 is 28.7 Å². The molecule has 1 N–H and O–H groups in total. The van der Waals surface area contributed by atoms with Gasteiger partial charge in [0, 0.05) is 18.8 Å². The maximum Gasteiger partial charge on any atom is 0.263 e. The molecule has 0 aliphatic heterocycles. The SMILES string of the molecule is CC(C)Cn1c(SCC(=O)N[C@@H](C)C(C)C)nc2ncccc2c1=O. The van der Waals surface area contributed by atoms with Crippen LogP contribution in [-0.2, 0) is 11.3 Å². The van der Waals surface area contributed by atoms with Crippen molar-refractivity contribution in [3.8, 4) is 0 Å². The van der Waals surface area contributed by atoms with Gasteiger partial charge in [-0.2, -0.15) is 0 Å². The van der Waals surface area contributed by atoms with Crippen LogP contribution in [0.25, 0.3) is 11.0 Å². The summed E-state index contributed by atoms with van der Waals surface area (Å²) in [6, 6.07) is 3.58. The summed E-state index contributed by atoms with van der Waals surface area (Å²) >= 11 is 1.28. The van der Waals surface area contributed by atoms with Crippen molar-refractivity contribution in [2.24, 2.45) is 11.8 Å². The van der Waals surface area contributed by atoms with Gasteiger partial charge in [0.1, 0.15) is 0 Å². The Morgan fingerprint density at radius 3 is 2.64 bits per heavy atom. The second-order valence-corrected chi connectivity index (χ2v) is 7.91. The maximum atomic E-state index is 12.8. The third-order valence-corrected chi connectivity index (χ3v) is 4.94. The first-order chi connectivity index (χ1) is 11.8. The van der Waals surface area contributed by atoms with Crippen molar-refractivity contribution in [3.05, 3.63) is 28.7 Å². The lowest BCUT2D eigenvalue weighted by atomic mass is 10.1. The van der Waals surface area contributed by atoms with Gasteiger partial charge in [-0.15, -0.1) is 0 Å². The highest BCUT2D eigenvalue weighted by Gasteiger charge is 2.16. The fourth-order valence-electron chi connectivity index (χ4n) is 2.26. The Bertz CT molecular complexity index is 801. The zero-order valence-electron chi connectivity index (χ0n) is 15.4. The summed E-state index contributed by atoms with van der Waals surface area (Å²) in [7, 11) is 0. The lowest BCUT2D eigenvalue weighted by Gasteiger charge is -2.18. The molecular formula is C18H26N4O2S. The Hall–Kier alpha value is -1.89. The average molecular weight is 362 g/mol. The van der Waals surface area contributed by atoms with E-state index in [-0.39, 0.29) is 23.3 Å². The van der Waals surface area contributed by atoms with E-state index in [1.54, 1.807) is 22.9 Å². The molecule has 0 fully saturated rings. The average Bonchev–Trinajstić information content (AvgIpc) is 2.55. The normalized spacial score (nSPS) is 12.8. The molecule has 2 aromatic rings.